The first-order valence-corrected chi connectivity index (χ1v) is 8.19. The van der Waals surface area contributed by atoms with Gasteiger partial charge in [-0.25, -0.2) is 0 Å². The number of carbonyl (C=O) groups excluding carboxylic acids is 1. The molecule has 3 rings (SSSR count). The van der Waals surface area contributed by atoms with E-state index in [-0.39, 0.29) is 5.91 Å². The molecule has 20 heavy (non-hydrogen) atoms. The predicted molar refractivity (Wildman–Crippen MR) is 85.1 cm³/mol. The van der Waals surface area contributed by atoms with Crippen molar-refractivity contribution in [1.29, 1.82) is 0 Å². The number of amides is 1. The summed E-state index contributed by atoms with van der Waals surface area (Å²) in [6.45, 7) is 1.05. The van der Waals surface area contributed by atoms with Gasteiger partial charge in [-0.2, -0.15) is 0 Å². The predicted octanol–water partition coefficient (Wildman–Crippen LogP) is 4.30. The lowest BCUT2D eigenvalue weighted by molar-refractivity contribution is 0.103. The molecule has 1 N–H and O–H groups in total. The highest BCUT2D eigenvalue weighted by molar-refractivity contribution is 9.11. The highest BCUT2D eigenvalue weighted by atomic mass is 79.9. The molecule has 0 unspecified atom stereocenters. The average Bonchev–Trinajstić information content (AvgIpc) is 2.86. The van der Waals surface area contributed by atoms with E-state index in [1.54, 1.807) is 18.2 Å². The second kappa shape index (κ2) is 5.75. The van der Waals surface area contributed by atoms with Crippen molar-refractivity contribution >= 4 is 54.8 Å². The van der Waals surface area contributed by atoms with Crippen molar-refractivity contribution < 1.29 is 14.3 Å². The van der Waals surface area contributed by atoms with Crippen LogP contribution in [0.3, 0.4) is 0 Å². The van der Waals surface area contributed by atoms with Crippen LogP contribution in [0.4, 0.5) is 5.69 Å². The summed E-state index contributed by atoms with van der Waals surface area (Å²) >= 11 is 8.15. The van der Waals surface area contributed by atoms with Crippen LogP contribution in [0.5, 0.6) is 11.5 Å². The third-order valence-corrected chi connectivity index (χ3v) is 4.96. The van der Waals surface area contributed by atoms with Gasteiger partial charge in [0.2, 0.25) is 0 Å². The zero-order valence-electron chi connectivity index (χ0n) is 10.1. The fraction of sp³-hybridized carbons (Fsp3) is 0.154. The summed E-state index contributed by atoms with van der Waals surface area (Å²) in [5.74, 6) is 1.17. The summed E-state index contributed by atoms with van der Waals surface area (Å²) in [6, 6.07) is 7.18. The van der Waals surface area contributed by atoms with Crippen molar-refractivity contribution in [1.82, 2.24) is 0 Å². The molecule has 7 heteroatoms. The first-order chi connectivity index (χ1) is 9.63. The lowest BCUT2D eigenvalue weighted by Gasteiger charge is -2.20. The summed E-state index contributed by atoms with van der Waals surface area (Å²) in [5.41, 5.74) is 0.656. The first kappa shape index (κ1) is 13.9. The fourth-order valence-corrected chi connectivity index (χ4v) is 3.48. The van der Waals surface area contributed by atoms with E-state index in [0.717, 1.165) is 8.26 Å². The minimum absolute atomic E-state index is 0.155. The molecular weight excluding hydrogens is 410 g/mol. The number of halogens is 2. The number of fused-ring (bicyclic) bond motifs is 1. The minimum atomic E-state index is -0.155. The van der Waals surface area contributed by atoms with Crippen LogP contribution in [0, 0.1) is 0 Å². The third kappa shape index (κ3) is 2.84. The maximum Gasteiger partial charge on any atom is 0.265 e. The van der Waals surface area contributed by atoms with Crippen molar-refractivity contribution in [3.63, 3.8) is 0 Å². The number of ether oxygens (including phenoxy) is 2. The Morgan fingerprint density at radius 3 is 2.50 bits per heavy atom. The zero-order valence-corrected chi connectivity index (χ0v) is 14.1. The monoisotopic (exact) mass is 417 g/mol. The lowest BCUT2D eigenvalue weighted by atomic mass is 10.2. The second-order valence-electron chi connectivity index (χ2n) is 4.03. The van der Waals surface area contributed by atoms with Crippen LogP contribution < -0.4 is 14.8 Å². The molecule has 2 aromatic rings. The molecule has 2 heterocycles. The average molecular weight is 419 g/mol. The number of benzene rings is 1. The Morgan fingerprint density at radius 2 is 1.85 bits per heavy atom. The number of hydrogen-bond donors (Lipinski definition) is 1. The molecule has 1 aliphatic rings. The lowest BCUT2D eigenvalue weighted by Crippen LogP contribution is -2.16. The Kier molecular flexibility index (Phi) is 4.00. The van der Waals surface area contributed by atoms with Crippen LogP contribution in [0.1, 0.15) is 9.67 Å². The standard InChI is InChI=1S/C13H9Br2NO3S/c14-7-5-9-10(19-4-3-18-9)6-8(7)16-13(17)11-1-2-12(15)20-11/h1-2,5-6H,3-4H2,(H,16,17). The number of nitrogens with one attached hydrogen (secondary N) is 1. The number of anilines is 1. The molecule has 0 bridgehead atoms. The van der Waals surface area contributed by atoms with Gasteiger partial charge in [-0.1, -0.05) is 0 Å². The molecule has 0 radical (unpaired) electrons. The molecule has 1 amide bonds. The van der Waals surface area contributed by atoms with Crippen molar-refractivity contribution in [3.8, 4) is 11.5 Å². The molecule has 1 aliphatic heterocycles. The highest BCUT2D eigenvalue weighted by Gasteiger charge is 2.17. The van der Waals surface area contributed by atoms with Crippen molar-refractivity contribution in [3.05, 3.63) is 37.4 Å². The van der Waals surface area contributed by atoms with E-state index in [1.165, 1.54) is 11.3 Å². The normalized spacial score (nSPS) is 13.1. The number of thiophene rings is 1. The molecule has 0 saturated heterocycles. The van der Waals surface area contributed by atoms with Crippen LogP contribution in [0.15, 0.2) is 32.5 Å². The first-order valence-electron chi connectivity index (χ1n) is 5.79. The Bertz CT molecular complexity index is 672. The van der Waals surface area contributed by atoms with E-state index >= 15 is 0 Å². The molecule has 0 fully saturated rings. The molecule has 0 atom stereocenters. The van der Waals surface area contributed by atoms with E-state index in [9.17, 15) is 4.79 Å². The van der Waals surface area contributed by atoms with Gasteiger partial charge in [0.1, 0.15) is 13.2 Å². The van der Waals surface area contributed by atoms with Crippen LogP contribution in [0.25, 0.3) is 0 Å². The van der Waals surface area contributed by atoms with Gasteiger partial charge in [0, 0.05) is 16.6 Å². The van der Waals surface area contributed by atoms with Crippen LogP contribution in [-0.2, 0) is 0 Å². The third-order valence-electron chi connectivity index (χ3n) is 2.68. The van der Waals surface area contributed by atoms with Gasteiger partial charge in [0.25, 0.3) is 5.91 Å². The van der Waals surface area contributed by atoms with Crippen molar-refractivity contribution in [2.75, 3.05) is 18.5 Å². The highest BCUT2D eigenvalue weighted by Crippen LogP contribution is 2.38. The van der Waals surface area contributed by atoms with Gasteiger partial charge in [0.05, 0.1) is 14.4 Å². The van der Waals surface area contributed by atoms with Crippen LogP contribution in [-0.4, -0.2) is 19.1 Å². The molecule has 0 spiro atoms. The van der Waals surface area contributed by atoms with E-state index in [0.29, 0.717) is 35.3 Å². The Labute approximate surface area is 136 Å². The zero-order chi connectivity index (χ0) is 14.1. The van der Waals surface area contributed by atoms with Gasteiger partial charge in [-0.15, -0.1) is 11.3 Å². The maximum absolute atomic E-state index is 12.1. The van der Waals surface area contributed by atoms with Gasteiger partial charge in [-0.05, 0) is 44.0 Å². The van der Waals surface area contributed by atoms with E-state index < -0.39 is 0 Å². The summed E-state index contributed by atoms with van der Waals surface area (Å²) in [6.07, 6.45) is 0. The van der Waals surface area contributed by atoms with E-state index in [4.69, 9.17) is 9.47 Å². The SMILES string of the molecule is O=C(Nc1cc2c(cc1Br)OCCO2)c1ccc(Br)s1. The van der Waals surface area contributed by atoms with Gasteiger partial charge in [-0.3, -0.25) is 4.79 Å². The molecular formula is C13H9Br2NO3S. The number of rotatable bonds is 2. The molecule has 104 valence electrons. The van der Waals surface area contributed by atoms with Gasteiger partial charge < -0.3 is 14.8 Å². The summed E-state index contributed by atoms with van der Waals surface area (Å²) in [4.78, 5) is 12.8. The topological polar surface area (TPSA) is 47.6 Å². The van der Waals surface area contributed by atoms with E-state index in [1.807, 2.05) is 6.07 Å². The van der Waals surface area contributed by atoms with Crippen molar-refractivity contribution in [2.24, 2.45) is 0 Å². The molecule has 1 aromatic carbocycles. The van der Waals surface area contributed by atoms with Gasteiger partial charge in [0.15, 0.2) is 11.5 Å². The second-order valence-corrected chi connectivity index (χ2v) is 7.35. The summed E-state index contributed by atoms with van der Waals surface area (Å²) in [7, 11) is 0. The fourth-order valence-electron chi connectivity index (χ4n) is 1.78. The smallest absolute Gasteiger partial charge is 0.265 e. The maximum atomic E-state index is 12.1. The van der Waals surface area contributed by atoms with Crippen LogP contribution >= 0.6 is 43.2 Å². The van der Waals surface area contributed by atoms with Crippen molar-refractivity contribution in [2.45, 2.75) is 0 Å². The summed E-state index contributed by atoms with van der Waals surface area (Å²) < 4.78 is 12.7. The molecule has 1 aromatic heterocycles. The number of hydrogen-bond acceptors (Lipinski definition) is 4. The van der Waals surface area contributed by atoms with Gasteiger partial charge >= 0.3 is 0 Å². The Morgan fingerprint density at radius 1 is 1.15 bits per heavy atom. The largest absolute Gasteiger partial charge is 0.486 e. The molecule has 4 nitrogen and oxygen atoms in total. The molecule has 0 saturated carbocycles. The number of carbonyl (C=O) groups is 1. The van der Waals surface area contributed by atoms with E-state index in [2.05, 4.69) is 37.2 Å². The quantitative estimate of drug-likeness (QED) is 0.790. The molecule has 0 aliphatic carbocycles. The minimum Gasteiger partial charge on any atom is -0.486 e. The Balaban J connectivity index is 1.85. The Hall–Kier alpha value is -1.05. The summed E-state index contributed by atoms with van der Waals surface area (Å²) in [5, 5.41) is 2.86. The van der Waals surface area contributed by atoms with Crippen LogP contribution in [0.2, 0.25) is 0 Å².